The lowest BCUT2D eigenvalue weighted by Gasteiger charge is -2.44. The van der Waals surface area contributed by atoms with Crippen LogP contribution in [0.1, 0.15) is 55.2 Å². The molecule has 3 aliphatic rings. The van der Waals surface area contributed by atoms with Crippen LogP contribution in [0.15, 0.2) is 41.3 Å². The Morgan fingerprint density at radius 3 is 2.04 bits per heavy atom. The number of aliphatic carboxylic acids is 1. The van der Waals surface area contributed by atoms with Gasteiger partial charge in [-0.05, 0) is 74.3 Å². The number of carbonyl (C=O) groups excluding carboxylic acids is 1. The van der Waals surface area contributed by atoms with Gasteiger partial charge in [0.1, 0.15) is 10.6 Å². The number of halogens is 9. The molecule has 246 valence electrons. The molecule has 1 saturated heterocycles. The van der Waals surface area contributed by atoms with Gasteiger partial charge >= 0.3 is 24.0 Å². The molecule has 1 saturated carbocycles. The van der Waals surface area contributed by atoms with Crippen LogP contribution in [0.3, 0.4) is 0 Å². The maximum absolute atomic E-state index is 15.0. The van der Waals surface area contributed by atoms with Crippen molar-refractivity contribution in [2.24, 2.45) is 11.8 Å². The van der Waals surface area contributed by atoms with E-state index in [9.17, 15) is 58.2 Å². The van der Waals surface area contributed by atoms with Crippen molar-refractivity contribution >= 4 is 33.3 Å². The van der Waals surface area contributed by atoms with E-state index in [2.05, 4.69) is 0 Å². The van der Waals surface area contributed by atoms with Gasteiger partial charge in [0.05, 0.1) is 21.9 Å². The summed E-state index contributed by atoms with van der Waals surface area (Å²) in [4.78, 5) is 26.0. The van der Waals surface area contributed by atoms with Gasteiger partial charge < -0.3 is 10.0 Å². The molecule has 6 nitrogen and oxygen atoms in total. The van der Waals surface area contributed by atoms with E-state index in [1.165, 1.54) is 4.90 Å². The highest BCUT2D eigenvalue weighted by molar-refractivity contribution is 7.92. The number of alkyl halides is 7. The van der Waals surface area contributed by atoms with E-state index in [1.54, 1.807) is 0 Å². The highest BCUT2D eigenvalue weighted by Crippen LogP contribution is 2.57. The average molecular weight is 688 g/mol. The molecule has 1 aliphatic heterocycles. The van der Waals surface area contributed by atoms with E-state index >= 15 is 0 Å². The Kier molecular flexibility index (Phi) is 8.24. The van der Waals surface area contributed by atoms with Crippen LogP contribution in [0, 0.1) is 17.7 Å². The number of hydrogen-bond acceptors (Lipinski definition) is 4. The lowest BCUT2D eigenvalue weighted by Crippen LogP contribution is -2.53. The molecule has 0 spiro atoms. The second-order valence-electron chi connectivity index (χ2n) is 11.7. The Balaban J connectivity index is 1.64. The average Bonchev–Trinajstić information content (AvgIpc) is 3.38. The van der Waals surface area contributed by atoms with Gasteiger partial charge in [0.25, 0.3) is 0 Å². The molecule has 1 heterocycles. The van der Waals surface area contributed by atoms with Crippen LogP contribution in [0.25, 0.3) is 0 Å². The minimum absolute atomic E-state index is 0.157. The summed E-state index contributed by atoms with van der Waals surface area (Å²) in [6.07, 6.45) is -12.7. The normalized spacial score (nSPS) is 25.9. The number of carboxylic acids is 1. The monoisotopic (exact) mass is 687 g/mol. The Labute approximate surface area is 257 Å². The second-order valence-corrected chi connectivity index (χ2v) is 14.3. The summed E-state index contributed by atoms with van der Waals surface area (Å²) >= 11 is 5.87. The molecule has 16 heteroatoms. The van der Waals surface area contributed by atoms with Gasteiger partial charge in [-0.25, -0.2) is 17.2 Å². The SMILES string of the molecule is O=C(O)C1CCC(C(=O)N2CCC3(S(=O)(=O)c4ccc(F)c(Cl)c4)c4ccc(C(F)(C(F)(F)F)C(F)(F)F)cc4CCC23)CC1. The number of benzene rings is 2. The lowest BCUT2D eigenvalue weighted by atomic mass is 9.76. The number of hydrogen-bond donors (Lipinski definition) is 1. The van der Waals surface area contributed by atoms with E-state index in [0.29, 0.717) is 6.07 Å². The standard InChI is InChI=1S/C29H26ClF8NO5S/c30-21-14-19(7-9-22(21)31)45(43,44)26-11-12-39(24(40)15-1-3-16(4-2-15)25(41)42)23(26)10-5-17-13-18(6-8-20(17)26)27(32,28(33,34)35)29(36,37)38/h6-9,13-16,23H,1-5,10-12H2,(H,41,42). The molecular weight excluding hydrogens is 662 g/mol. The third-order valence-electron chi connectivity index (χ3n) is 9.46. The number of nitrogens with zero attached hydrogens (tertiary/aromatic N) is 1. The van der Waals surface area contributed by atoms with E-state index in [0.717, 1.165) is 24.3 Å². The van der Waals surface area contributed by atoms with Crippen molar-refractivity contribution in [2.75, 3.05) is 6.54 Å². The smallest absolute Gasteiger partial charge is 0.435 e. The quantitative estimate of drug-likeness (QED) is 0.274. The third-order valence-corrected chi connectivity index (χ3v) is 12.3. The zero-order valence-electron chi connectivity index (χ0n) is 23.2. The molecule has 2 unspecified atom stereocenters. The van der Waals surface area contributed by atoms with Crippen LogP contribution in [-0.2, 0) is 36.3 Å². The summed E-state index contributed by atoms with van der Waals surface area (Å²) in [6, 6.07) is 2.76. The first-order chi connectivity index (χ1) is 20.8. The third kappa shape index (κ3) is 5.08. The predicted molar refractivity (Wildman–Crippen MR) is 143 cm³/mol. The molecule has 0 bridgehead atoms. The Morgan fingerprint density at radius 1 is 0.889 bits per heavy atom. The first-order valence-electron chi connectivity index (χ1n) is 14.0. The number of aryl methyl sites for hydroxylation is 1. The summed E-state index contributed by atoms with van der Waals surface area (Å²) in [5.41, 5.74) is -7.97. The number of fused-ring (bicyclic) bond motifs is 3. The minimum Gasteiger partial charge on any atom is -0.481 e. The Morgan fingerprint density at radius 2 is 1.49 bits per heavy atom. The van der Waals surface area contributed by atoms with E-state index < -0.39 is 83.7 Å². The zero-order chi connectivity index (χ0) is 33.3. The highest BCUT2D eigenvalue weighted by atomic mass is 35.5. The van der Waals surface area contributed by atoms with Crippen molar-refractivity contribution < 1.29 is 58.2 Å². The summed E-state index contributed by atoms with van der Waals surface area (Å²) in [5, 5.41) is 8.74. The summed E-state index contributed by atoms with van der Waals surface area (Å²) in [5.74, 6) is -3.66. The number of sulfone groups is 1. The van der Waals surface area contributed by atoms with E-state index in [4.69, 9.17) is 11.6 Å². The Hall–Kier alpha value is -2.94. The fraction of sp³-hybridized carbons (Fsp3) is 0.517. The molecular formula is C29H26ClF8NO5S. The minimum atomic E-state index is -6.39. The van der Waals surface area contributed by atoms with Crippen molar-refractivity contribution in [3.63, 3.8) is 0 Å². The summed E-state index contributed by atoms with van der Waals surface area (Å²) < 4.78 is 137. The van der Waals surface area contributed by atoms with Crippen molar-refractivity contribution in [2.45, 2.75) is 78.7 Å². The van der Waals surface area contributed by atoms with Crippen molar-refractivity contribution in [3.05, 3.63) is 63.9 Å². The first kappa shape index (κ1) is 33.4. The largest absolute Gasteiger partial charge is 0.481 e. The van der Waals surface area contributed by atoms with Crippen molar-refractivity contribution in [1.29, 1.82) is 0 Å². The molecule has 2 aliphatic carbocycles. The highest BCUT2D eigenvalue weighted by Gasteiger charge is 2.74. The van der Waals surface area contributed by atoms with Gasteiger partial charge in [-0.2, -0.15) is 26.3 Å². The van der Waals surface area contributed by atoms with Gasteiger partial charge in [-0.1, -0.05) is 29.8 Å². The topological polar surface area (TPSA) is 91.8 Å². The number of likely N-dealkylation sites (tertiary alicyclic amines) is 1. The maximum Gasteiger partial charge on any atom is 0.435 e. The van der Waals surface area contributed by atoms with Gasteiger partial charge in [-0.15, -0.1) is 0 Å². The maximum atomic E-state index is 15.0. The van der Waals surface area contributed by atoms with Crippen LogP contribution in [0.4, 0.5) is 35.1 Å². The molecule has 2 atom stereocenters. The van der Waals surface area contributed by atoms with Crippen LogP contribution in [0.2, 0.25) is 5.02 Å². The number of carboxylic acid groups (broad SMARTS) is 1. The van der Waals surface area contributed by atoms with Crippen LogP contribution < -0.4 is 0 Å². The number of rotatable bonds is 5. The lowest BCUT2D eigenvalue weighted by molar-refractivity contribution is -0.348. The number of amides is 1. The summed E-state index contributed by atoms with van der Waals surface area (Å²) in [7, 11) is -4.70. The Bertz CT molecular complexity index is 1620. The molecule has 2 fully saturated rings. The molecule has 0 radical (unpaired) electrons. The van der Waals surface area contributed by atoms with Gasteiger partial charge in [-0.3, -0.25) is 9.59 Å². The van der Waals surface area contributed by atoms with Crippen molar-refractivity contribution in [1.82, 2.24) is 4.90 Å². The van der Waals surface area contributed by atoms with Gasteiger partial charge in [0.15, 0.2) is 9.84 Å². The zero-order valence-corrected chi connectivity index (χ0v) is 24.8. The van der Waals surface area contributed by atoms with Crippen LogP contribution in [0.5, 0.6) is 0 Å². The second kappa shape index (κ2) is 11.1. The fourth-order valence-corrected chi connectivity index (χ4v) is 9.81. The van der Waals surface area contributed by atoms with Gasteiger partial charge in [0, 0.05) is 18.0 Å². The molecule has 45 heavy (non-hydrogen) atoms. The molecule has 5 rings (SSSR count). The molecule has 1 amide bonds. The number of carbonyl (C=O) groups is 2. The van der Waals surface area contributed by atoms with Gasteiger partial charge in [0.2, 0.25) is 5.91 Å². The van der Waals surface area contributed by atoms with E-state index in [-0.39, 0.29) is 68.7 Å². The fourth-order valence-electron chi connectivity index (χ4n) is 7.17. The molecule has 1 N–H and O–H groups in total. The molecule has 2 aromatic carbocycles. The predicted octanol–water partition coefficient (Wildman–Crippen LogP) is 6.88. The van der Waals surface area contributed by atoms with E-state index in [1.807, 2.05) is 0 Å². The van der Waals surface area contributed by atoms with Crippen molar-refractivity contribution in [3.8, 4) is 0 Å². The van der Waals surface area contributed by atoms with Crippen LogP contribution >= 0.6 is 11.6 Å². The van der Waals surface area contributed by atoms with Crippen LogP contribution in [-0.4, -0.2) is 55.2 Å². The first-order valence-corrected chi connectivity index (χ1v) is 15.8. The molecule has 2 aromatic rings. The molecule has 0 aromatic heterocycles. The summed E-state index contributed by atoms with van der Waals surface area (Å²) in [6.45, 7) is -0.157.